The summed E-state index contributed by atoms with van der Waals surface area (Å²) < 4.78 is 129. The van der Waals surface area contributed by atoms with Crippen LogP contribution in [0, 0.1) is 65.5 Å². The van der Waals surface area contributed by atoms with Crippen molar-refractivity contribution >= 4 is 129 Å². The molecule has 0 saturated heterocycles. The van der Waals surface area contributed by atoms with Gasteiger partial charge in [0.25, 0.3) is 0 Å². The standard InChI is InChI=1S/C117H173BrF6N4S8/c1-10-18-26-34-42-46-54-62-67-85(66-58-50-38-30-22-14-5)74-89-78-95(129-84(89)9)101-105(121)106(122)102(110-109(101)125-135-126-110)96-79-90(75-86(68-59-51-39-31-23-15-6)70-63-55-47-43-35-27-19-11-2)113(130-96)99-82-93(119)115(132-99)116-94(120)83-100(133-116)114-91(76-87(69-60-52-40-32-24-16-7)71-64-56-48-44-36-28-20-12-3)80-97(131-114)103-107(123)108(124)104(112-111(103)127-136-128-112)98-81-92(117(118)134-98)77-88(72-61-53-41-33-25-17-8)73-65-57-49-45-37-29-21-13-4/h78-83,85-88H,10-77H2,1-9H3. The SMILES string of the molecule is CCCCCCCCCCC(CCCCCCCC)Cc1cc(-c2c(F)c(F)c(-c3cc(CC(CCCCCCCC)CCCCCCCCCC)c(-c4cc(F)c(-c5sc(-c6sc(-c7c(F)c(F)c(-c8cc(CC(CCCCCCCC)CCCCCCCCCC)c(Br)s8)c8nsnc78)cc6CC(CCCCCCCC)CCCCCCCCCC)cc5F)s4)s3)c3nsnc23)sc1C. The minimum Gasteiger partial charge on any atom is -0.205 e. The summed E-state index contributed by atoms with van der Waals surface area (Å²) in [5, 5.41) is 0. The molecule has 0 amide bonds. The molecular formula is C117H173BrF6N4S8. The predicted octanol–water partition coefficient (Wildman–Crippen LogP) is 45.4. The lowest BCUT2D eigenvalue weighted by molar-refractivity contribution is 0.400. The van der Waals surface area contributed by atoms with Crippen molar-refractivity contribution in [3.63, 3.8) is 0 Å². The smallest absolute Gasteiger partial charge is 0.170 e. The van der Waals surface area contributed by atoms with Crippen LogP contribution in [-0.2, 0) is 25.7 Å². The van der Waals surface area contributed by atoms with Crippen molar-refractivity contribution in [2.24, 2.45) is 23.7 Å². The summed E-state index contributed by atoms with van der Waals surface area (Å²) in [5.74, 6) is -3.33. The van der Waals surface area contributed by atoms with E-state index >= 15 is 26.3 Å². The highest BCUT2D eigenvalue weighted by Gasteiger charge is 2.34. The van der Waals surface area contributed by atoms with E-state index in [2.05, 4.69) is 96.4 Å². The summed E-state index contributed by atoms with van der Waals surface area (Å²) in [4.78, 5) is 6.55. The number of aromatic nitrogens is 4. The minimum atomic E-state index is -0.968. The molecule has 0 N–H and O–H groups in total. The summed E-state index contributed by atoms with van der Waals surface area (Å²) in [6, 6.07) is 11.4. The third-order valence-corrected chi connectivity index (χ3v) is 38.6. The van der Waals surface area contributed by atoms with Crippen LogP contribution in [0.4, 0.5) is 26.3 Å². The van der Waals surface area contributed by atoms with Crippen molar-refractivity contribution in [1.82, 2.24) is 17.5 Å². The highest BCUT2D eigenvalue weighted by Crippen LogP contribution is 2.55. The molecule has 136 heavy (non-hydrogen) atoms. The summed E-state index contributed by atoms with van der Waals surface area (Å²) in [6.45, 7) is 20.3. The van der Waals surface area contributed by atoms with Crippen molar-refractivity contribution in [2.45, 2.75) is 499 Å². The molecule has 0 saturated carbocycles. The second-order valence-corrected chi connectivity index (χ2v) is 49.7. The van der Waals surface area contributed by atoms with E-state index in [4.69, 9.17) is 17.5 Å². The summed E-state index contributed by atoms with van der Waals surface area (Å²) >= 11 is 14.1. The van der Waals surface area contributed by atoms with Gasteiger partial charge in [-0.2, -0.15) is 17.5 Å². The number of nitrogens with zero attached hydrogens (tertiary/aromatic N) is 4. The molecule has 8 aromatic heterocycles. The van der Waals surface area contributed by atoms with E-state index in [9.17, 15) is 0 Å². The van der Waals surface area contributed by atoms with Crippen molar-refractivity contribution in [1.29, 1.82) is 0 Å². The molecule has 4 nitrogen and oxygen atoms in total. The maximum Gasteiger partial charge on any atom is 0.170 e. The first-order chi connectivity index (χ1) is 66.6. The van der Waals surface area contributed by atoms with E-state index in [1.807, 2.05) is 6.07 Å². The fourth-order valence-electron chi connectivity index (χ4n) is 21.2. The van der Waals surface area contributed by atoms with Gasteiger partial charge in [-0.25, -0.2) is 26.3 Å². The van der Waals surface area contributed by atoms with Crippen LogP contribution in [0.15, 0.2) is 40.2 Å². The monoisotopic (exact) mass is 2080 g/mol. The maximum absolute atomic E-state index is 18.2. The number of hydrogen-bond acceptors (Lipinski definition) is 12. The van der Waals surface area contributed by atoms with Gasteiger partial charge in [0.05, 0.1) is 59.3 Å². The van der Waals surface area contributed by atoms with Gasteiger partial charge in [0, 0.05) is 43.9 Å². The summed E-state index contributed by atoms with van der Waals surface area (Å²) in [7, 11) is 0. The zero-order chi connectivity index (χ0) is 96.4. The Labute approximate surface area is 861 Å². The fraction of sp³-hybridized carbons (Fsp3) is 0.692. The number of fused-ring (bicyclic) bond motifs is 2. The molecule has 0 bridgehead atoms. The second kappa shape index (κ2) is 65.7. The molecule has 0 aliphatic carbocycles. The van der Waals surface area contributed by atoms with Crippen LogP contribution < -0.4 is 0 Å². The Bertz CT molecular complexity index is 4630. The molecule has 19 heteroatoms. The average Bonchev–Trinajstić information content (AvgIpc) is 1.58. The van der Waals surface area contributed by atoms with E-state index in [1.165, 1.54) is 395 Å². The molecule has 0 aliphatic heterocycles. The quantitative estimate of drug-likeness (QED) is 0.0282. The van der Waals surface area contributed by atoms with Crippen LogP contribution in [0.1, 0.15) is 493 Å². The van der Waals surface area contributed by atoms with E-state index in [-0.39, 0.29) is 43.8 Å². The van der Waals surface area contributed by atoms with E-state index < -0.39 is 34.9 Å². The molecule has 2 aromatic carbocycles. The third-order valence-electron chi connectivity index (χ3n) is 29.4. The Hall–Kier alpha value is -3.66. The first-order valence-electron chi connectivity index (χ1n) is 55.6. The predicted molar refractivity (Wildman–Crippen MR) is 596 cm³/mol. The number of rotatable bonds is 79. The lowest BCUT2D eigenvalue weighted by Crippen LogP contribution is -2.06. The van der Waals surface area contributed by atoms with Gasteiger partial charge in [-0.05, 0) is 131 Å². The Morgan fingerprint density at radius 2 is 0.426 bits per heavy atom. The first kappa shape index (κ1) is 114. The van der Waals surface area contributed by atoms with Crippen LogP contribution in [0.25, 0.3) is 93.1 Å². The van der Waals surface area contributed by atoms with Gasteiger partial charge in [-0.15, -0.1) is 68.0 Å². The Balaban J connectivity index is 1.03. The average molecular weight is 2090 g/mol. The van der Waals surface area contributed by atoms with Crippen LogP contribution >= 0.6 is 107 Å². The lowest BCUT2D eigenvalue weighted by atomic mass is 9.88. The fourth-order valence-corrected chi connectivity index (χ4v) is 30.1. The zero-order valence-electron chi connectivity index (χ0n) is 85.6. The van der Waals surface area contributed by atoms with Crippen molar-refractivity contribution in [2.75, 3.05) is 0 Å². The van der Waals surface area contributed by atoms with Gasteiger partial charge < -0.3 is 0 Å². The van der Waals surface area contributed by atoms with Crippen molar-refractivity contribution in [3.05, 3.63) is 102 Å². The van der Waals surface area contributed by atoms with E-state index in [0.717, 1.165) is 161 Å². The third kappa shape index (κ3) is 36.5. The molecule has 4 unspecified atom stereocenters. The molecular weight excluding hydrogens is 1910 g/mol. The Morgan fingerprint density at radius 1 is 0.228 bits per heavy atom. The molecule has 4 atom stereocenters. The second-order valence-electron chi connectivity index (χ2n) is 40.8. The van der Waals surface area contributed by atoms with Crippen LogP contribution in [0.3, 0.4) is 0 Å². The molecule has 0 spiro atoms. The normalized spacial score (nSPS) is 13.0. The molecule has 0 fully saturated rings. The Kier molecular flexibility index (Phi) is 55.2. The lowest BCUT2D eigenvalue weighted by Gasteiger charge is -2.17. The van der Waals surface area contributed by atoms with Gasteiger partial charge in [0.15, 0.2) is 23.3 Å². The topological polar surface area (TPSA) is 51.6 Å². The number of aryl methyl sites for hydroxylation is 1. The van der Waals surface area contributed by atoms with Crippen molar-refractivity contribution < 1.29 is 26.3 Å². The molecule has 10 rings (SSSR count). The highest BCUT2D eigenvalue weighted by atomic mass is 79.9. The van der Waals surface area contributed by atoms with Gasteiger partial charge in [-0.3, -0.25) is 0 Å². The zero-order valence-corrected chi connectivity index (χ0v) is 93.7. The maximum atomic E-state index is 18.2. The largest absolute Gasteiger partial charge is 0.205 e. The van der Waals surface area contributed by atoms with Gasteiger partial charge in [0.2, 0.25) is 0 Å². The van der Waals surface area contributed by atoms with Crippen LogP contribution in [0.5, 0.6) is 0 Å². The Morgan fingerprint density at radius 3 is 0.684 bits per heavy atom. The summed E-state index contributed by atoms with van der Waals surface area (Å²) in [6.07, 6.45) is 81.0. The molecule has 758 valence electrons. The highest BCUT2D eigenvalue weighted by molar-refractivity contribution is 9.11. The van der Waals surface area contributed by atoms with Gasteiger partial charge >= 0.3 is 0 Å². The van der Waals surface area contributed by atoms with Crippen LogP contribution in [0.2, 0.25) is 0 Å². The van der Waals surface area contributed by atoms with E-state index in [0.29, 0.717) is 76.0 Å². The van der Waals surface area contributed by atoms with Gasteiger partial charge in [-0.1, -0.05) is 466 Å². The first-order valence-corrected chi connectivity index (χ1v) is 62.7. The number of benzene rings is 2. The van der Waals surface area contributed by atoms with Crippen molar-refractivity contribution in [3.8, 4) is 71.0 Å². The van der Waals surface area contributed by atoms with Gasteiger partial charge in [0.1, 0.15) is 33.7 Å². The van der Waals surface area contributed by atoms with E-state index in [1.54, 1.807) is 12.1 Å². The van der Waals surface area contributed by atoms with Crippen LogP contribution in [-0.4, -0.2) is 17.5 Å². The minimum absolute atomic E-state index is 0.0704. The number of thiophene rings is 6. The molecule has 10 aromatic rings. The number of hydrogen-bond donors (Lipinski definition) is 0. The number of unbranched alkanes of at least 4 members (excludes halogenated alkanes) is 48. The molecule has 8 heterocycles. The number of halogens is 7. The molecule has 0 radical (unpaired) electrons. The molecule has 0 aliphatic rings. The summed E-state index contributed by atoms with van der Waals surface area (Å²) in [5.41, 5.74) is 6.04.